The van der Waals surface area contributed by atoms with Crippen molar-refractivity contribution in [2.75, 3.05) is 32.8 Å². The normalized spacial score (nSPS) is 13.2. The van der Waals surface area contributed by atoms with Crippen LogP contribution in [0, 0.1) is 0 Å². The Hall–Kier alpha value is -0.490. The van der Waals surface area contributed by atoms with Gasteiger partial charge in [-0.2, -0.15) is 0 Å². The van der Waals surface area contributed by atoms with Gasteiger partial charge in [0.1, 0.15) is 5.01 Å². The Bertz CT molecular complexity index is 262. The van der Waals surface area contributed by atoms with E-state index in [-0.39, 0.29) is 12.6 Å². The summed E-state index contributed by atoms with van der Waals surface area (Å²) in [5.41, 5.74) is 0. The first kappa shape index (κ1) is 13.6. The molecule has 0 saturated carbocycles. The molecule has 0 radical (unpaired) electrons. The number of nitrogens with one attached hydrogen (secondary N) is 1. The van der Waals surface area contributed by atoms with Gasteiger partial charge in [0.2, 0.25) is 0 Å². The van der Waals surface area contributed by atoms with Gasteiger partial charge >= 0.3 is 0 Å². The van der Waals surface area contributed by atoms with Gasteiger partial charge in [-0.15, -0.1) is 11.3 Å². The molecule has 1 heterocycles. The van der Waals surface area contributed by atoms with E-state index in [1.165, 1.54) is 0 Å². The molecule has 0 bridgehead atoms. The summed E-state index contributed by atoms with van der Waals surface area (Å²) >= 11 is 1.58. The highest BCUT2D eigenvalue weighted by molar-refractivity contribution is 7.09. The minimum absolute atomic E-state index is 0.0180. The van der Waals surface area contributed by atoms with Crippen molar-refractivity contribution in [1.82, 2.24) is 15.2 Å². The van der Waals surface area contributed by atoms with Crippen LogP contribution in [0.4, 0.5) is 0 Å². The van der Waals surface area contributed by atoms with Crippen molar-refractivity contribution in [3.05, 3.63) is 16.6 Å². The average molecular weight is 243 g/mol. The lowest BCUT2D eigenvalue weighted by Crippen LogP contribution is -2.34. The summed E-state index contributed by atoms with van der Waals surface area (Å²) in [5, 5.41) is 15.5. The van der Waals surface area contributed by atoms with Crippen molar-refractivity contribution in [3.8, 4) is 0 Å². The number of thiazole rings is 1. The van der Waals surface area contributed by atoms with Gasteiger partial charge in [-0.1, -0.05) is 13.8 Å². The Morgan fingerprint density at radius 2 is 2.25 bits per heavy atom. The average Bonchev–Trinajstić information content (AvgIpc) is 2.83. The molecule has 4 nitrogen and oxygen atoms in total. The zero-order valence-corrected chi connectivity index (χ0v) is 10.8. The number of hydrogen-bond acceptors (Lipinski definition) is 5. The molecule has 0 fully saturated rings. The fourth-order valence-corrected chi connectivity index (χ4v) is 2.28. The van der Waals surface area contributed by atoms with Crippen LogP contribution in [0.25, 0.3) is 0 Å². The molecule has 2 N–H and O–H groups in total. The van der Waals surface area contributed by atoms with Gasteiger partial charge in [0.05, 0.1) is 12.6 Å². The maximum atomic E-state index is 9.27. The van der Waals surface area contributed by atoms with Gasteiger partial charge in [-0.05, 0) is 13.1 Å². The molecule has 92 valence electrons. The lowest BCUT2D eigenvalue weighted by molar-refractivity contribution is 0.233. The molecule has 0 aliphatic rings. The summed E-state index contributed by atoms with van der Waals surface area (Å²) in [7, 11) is 0. The van der Waals surface area contributed by atoms with Crippen LogP contribution in [-0.2, 0) is 0 Å². The summed E-state index contributed by atoms with van der Waals surface area (Å²) < 4.78 is 0. The van der Waals surface area contributed by atoms with E-state index in [0.29, 0.717) is 0 Å². The van der Waals surface area contributed by atoms with E-state index in [2.05, 4.69) is 29.0 Å². The molecule has 1 rings (SSSR count). The second-order valence-corrected chi connectivity index (χ2v) is 4.51. The third-order valence-electron chi connectivity index (χ3n) is 2.65. The zero-order chi connectivity index (χ0) is 11.8. The standard InChI is InChI=1S/C11H21N3OS/c1-3-14(4-2)7-5-12-10(9-15)11-13-6-8-16-11/h6,8,10,12,15H,3-5,7,9H2,1-2H3. The first-order valence-corrected chi connectivity index (χ1v) is 6.65. The number of nitrogens with zero attached hydrogens (tertiary/aromatic N) is 2. The third kappa shape index (κ3) is 4.17. The van der Waals surface area contributed by atoms with E-state index in [1.54, 1.807) is 17.5 Å². The van der Waals surface area contributed by atoms with Gasteiger partial charge in [0.15, 0.2) is 0 Å². The monoisotopic (exact) mass is 243 g/mol. The molecule has 1 aromatic heterocycles. The van der Waals surface area contributed by atoms with E-state index in [0.717, 1.165) is 31.2 Å². The molecule has 1 atom stereocenters. The number of hydrogen-bond donors (Lipinski definition) is 2. The van der Waals surface area contributed by atoms with Crippen LogP contribution in [0.3, 0.4) is 0 Å². The van der Waals surface area contributed by atoms with Crippen LogP contribution < -0.4 is 5.32 Å². The Kier molecular flexibility index (Phi) is 6.56. The van der Waals surface area contributed by atoms with Gasteiger partial charge < -0.3 is 15.3 Å². The molecule has 16 heavy (non-hydrogen) atoms. The largest absolute Gasteiger partial charge is 0.394 e. The molecule has 0 amide bonds. The summed E-state index contributed by atoms with van der Waals surface area (Å²) in [6.07, 6.45) is 1.77. The predicted molar refractivity (Wildman–Crippen MR) is 67.7 cm³/mol. The van der Waals surface area contributed by atoms with Gasteiger partial charge in [0.25, 0.3) is 0 Å². The van der Waals surface area contributed by atoms with E-state index < -0.39 is 0 Å². The topological polar surface area (TPSA) is 48.4 Å². The summed E-state index contributed by atoms with van der Waals surface area (Å²) in [4.78, 5) is 6.56. The van der Waals surface area contributed by atoms with Gasteiger partial charge in [0, 0.05) is 24.7 Å². The van der Waals surface area contributed by atoms with E-state index in [9.17, 15) is 5.11 Å². The Labute approximate surface area is 101 Å². The Balaban J connectivity index is 2.30. The number of aliphatic hydroxyl groups excluding tert-OH is 1. The fraction of sp³-hybridized carbons (Fsp3) is 0.727. The maximum Gasteiger partial charge on any atom is 0.112 e. The Morgan fingerprint density at radius 1 is 1.50 bits per heavy atom. The summed E-state index contributed by atoms with van der Waals surface area (Å²) in [5.74, 6) is 0. The molecule has 0 aliphatic heterocycles. The van der Waals surface area contributed by atoms with Crippen LogP contribution in [-0.4, -0.2) is 47.8 Å². The molecular weight excluding hydrogens is 222 g/mol. The Morgan fingerprint density at radius 3 is 2.75 bits per heavy atom. The minimum Gasteiger partial charge on any atom is -0.394 e. The van der Waals surface area contributed by atoms with Crippen molar-refractivity contribution in [2.45, 2.75) is 19.9 Å². The first-order valence-electron chi connectivity index (χ1n) is 5.77. The zero-order valence-electron chi connectivity index (χ0n) is 10.0. The third-order valence-corrected chi connectivity index (χ3v) is 3.53. The van der Waals surface area contributed by atoms with Crippen molar-refractivity contribution in [2.24, 2.45) is 0 Å². The summed E-state index contributed by atoms with van der Waals surface area (Å²) in [6.45, 7) is 8.45. The van der Waals surface area contributed by atoms with Crippen molar-refractivity contribution < 1.29 is 5.11 Å². The second kappa shape index (κ2) is 7.73. The smallest absolute Gasteiger partial charge is 0.112 e. The predicted octanol–water partition coefficient (Wildman–Crippen LogP) is 1.11. The quantitative estimate of drug-likeness (QED) is 0.718. The molecular formula is C11H21N3OS. The van der Waals surface area contributed by atoms with Crippen LogP contribution >= 0.6 is 11.3 Å². The highest BCUT2D eigenvalue weighted by atomic mass is 32.1. The van der Waals surface area contributed by atoms with Crippen molar-refractivity contribution in [3.63, 3.8) is 0 Å². The lowest BCUT2D eigenvalue weighted by atomic mass is 10.3. The van der Waals surface area contributed by atoms with Crippen LogP contribution in [0.15, 0.2) is 11.6 Å². The number of aromatic nitrogens is 1. The molecule has 1 unspecified atom stereocenters. The van der Waals surface area contributed by atoms with Crippen molar-refractivity contribution >= 4 is 11.3 Å². The molecule has 0 saturated heterocycles. The van der Waals surface area contributed by atoms with Gasteiger partial charge in [-0.3, -0.25) is 0 Å². The molecule has 0 spiro atoms. The second-order valence-electron chi connectivity index (χ2n) is 3.59. The molecule has 5 heteroatoms. The highest BCUT2D eigenvalue weighted by Gasteiger charge is 2.11. The molecule has 1 aromatic rings. The van der Waals surface area contributed by atoms with Crippen LogP contribution in [0.1, 0.15) is 24.9 Å². The van der Waals surface area contributed by atoms with Crippen LogP contribution in [0.2, 0.25) is 0 Å². The summed E-state index contributed by atoms with van der Waals surface area (Å²) in [6, 6.07) is -0.0180. The van der Waals surface area contributed by atoms with Gasteiger partial charge in [-0.25, -0.2) is 4.98 Å². The number of aliphatic hydroxyl groups is 1. The number of rotatable bonds is 8. The maximum absolute atomic E-state index is 9.27. The van der Waals surface area contributed by atoms with E-state index in [1.807, 2.05) is 5.38 Å². The SMILES string of the molecule is CCN(CC)CCNC(CO)c1nccs1. The highest BCUT2D eigenvalue weighted by Crippen LogP contribution is 2.14. The minimum atomic E-state index is -0.0180. The first-order chi connectivity index (χ1) is 7.81. The molecule has 0 aromatic carbocycles. The van der Waals surface area contributed by atoms with Crippen LogP contribution in [0.5, 0.6) is 0 Å². The van der Waals surface area contributed by atoms with E-state index in [4.69, 9.17) is 0 Å². The van der Waals surface area contributed by atoms with Crippen molar-refractivity contribution in [1.29, 1.82) is 0 Å². The number of likely N-dealkylation sites (N-methyl/N-ethyl adjacent to an activating group) is 1. The lowest BCUT2D eigenvalue weighted by Gasteiger charge is -2.20. The molecule has 0 aliphatic carbocycles. The fourth-order valence-electron chi connectivity index (χ4n) is 1.57. The van der Waals surface area contributed by atoms with E-state index >= 15 is 0 Å².